The zero-order chi connectivity index (χ0) is 12.8. The molecule has 1 aromatic heterocycles. The monoisotopic (exact) mass is 255 g/mol. The normalized spacial score (nSPS) is 10.6. The third kappa shape index (κ3) is 4.13. The molecular weight excluding hydrogens is 234 g/mol. The van der Waals surface area contributed by atoms with Crippen LogP contribution in [0, 0.1) is 13.8 Å². The van der Waals surface area contributed by atoms with Crippen LogP contribution in [0.2, 0.25) is 0 Å². The Morgan fingerprint density at radius 2 is 2.06 bits per heavy atom. The summed E-state index contributed by atoms with van der Waals surface area (Å²) in [6.45, 7) is 5.07. The molecular formula is C13H21NO2S. The molecule has 0 unspecified atom stereocenters. The predicted octanol–water partition coefficient (Wildman–Crippen LogP) is 2.60. The summed E-state index contributed by atoms with van der Waals surface area (Å²) in [5, 5.41) is 8.67. The van der Waals surface area contributed by atoms with Crippen molar-refractivity contribution in [2.45, 2.75) is 33.1 Å². The number of amides is 1. The zero-order valence-corrected chi connectivity index (χ0v) is 11.6. The maximum Gasteiger partial charge on any atom is 0.263 e. The van der Waals surface area contributed by atoms with Crippen molar-refractivity contribution in [1.29, 1.82) is 0 Å². The van der Waals surface area contributed by atoms with Gasteiger partial charge in [0.2, 0.25) is 0 Å². The number of thiophene rings is 1. The minimum atomic E-state index is 0.107. The molecule has 3 nitrogen and oxygen atoms in total. The lowest BCUT2D eigenvalue weighted by atomic mass is 10.2. The van der Waals surface area contributed by atoms with Crippen molar-refractivity contribution in [3.8, 4) is 0 Å². The number of nitrogens with zero attached hydrogens (tertiary/aromatic N) is 1. The second-order valence-corrected chi connectivity index (χ2v) is 5.62. The first-order valence-electron chi connectivity index (χ1n) is 5.99. The lowest BCUT2D eigenvalue weighted by molar-refractivity contribution is 0.0797. The summed E-state index contributed by atoms with van der Waals surface area (Å²) in [6, 6.07) is 1.96. The van der Waals surface area contributed by atoms with E-state index in [9.17, 15) is 4.79 Å². The number of carbonyl (C=O) groups excluding carboxylic acids is 1. The highest BCUT2D eigenvalue weighted by Crippen LogP contribution is 2.21. The molecule has 1 aromatic rings. The molecule has 96 valence electrons. The minimum absolute atomic E-state index is 0.107. The van der Waals surface area contributed by atoms with Gasteiger partial charge < -0.3 is 10.0 Å². The molecule has 0 aliphatic heterocycles. The predicted molar refractivity (Wildman–Crippen MR) is 71.7 cm³/mol. The first-order chi connectivity index (χ1) is 8.06. The van der Waals surface area contributed by atoms with Gasteiger partial charge in [-0.25, -0.2) is 0 Å². The molecule has 17 heavy (non-hydrogen) atoms. The SMILES string of the molecule is Cc1cc(C(=O)N(C)CCCCCO)sc1C. The fraction of sp³-hybridized carbons (Fsp3) is 0.615. The molecule has 1 amide bonds. The van der Waals surface area contributed by atoms with E-state index in [0.717, 1.165) is 30.7 Å². The summed E-state index contributed by atoms with van der Waals surface area (Å²) in [6.07, 6.45) is 2.74. The average Bonchev–Trinajstić information content (AvgIpc) is 2.64. The molecule has 0 atom stereocenters. The van der Waals surface area contributed by atoms with Gasteiger partial charge in [-0.1, -0.05) is 0 Å². The maximum atomic E-state index is 12.1. The second-order valence-electron chi connectivity index (χ2n) is 4.36. The Morgan fingerprint density at radius 3 is 2.59 bits per heavy atom. The largest absolute Gasteiger partial charge is 0.396 e. The summed E-state index contributed by atoms with van der Waals surface area (Å²) in [4.78, 5) is 15.9. The van der Waals surface area contributed by atoms with Crippen molar-refractivity contribution in [2.75, 3.05) is 20.2 Å². The van der Waals surface area contributed by atoms with Gasteiger partial charge in [0.1, 0.15) is 0 Å². The molecule has 1 rings (SSSR count). The molecule has 0 aliphatic carbocycles. The Balaban J connectivity index is 2.46. The number of rotatable bonds is 6. The number of aryl methyl sites for hydroxylation is 2. The number of aliphatic hydroxyl groups is 1. The summed E-state index contributed by atoms with van der Waals surface area (Å²) < 4.78 is 0. The van der Waals surface area contributed by atoms with Crippen molar-refractivity contribution < 1.29 is 9.90 Å². The van der Waals surface area contributed by atoms with E-state index in [2.05, 4.69) is 0 Å². The van der Waals surface area contributed by atoms with Crippen LogP contribution in [0.1, 0.15) is 39.4 Å². The molecule has 0 aromatic carbocycles. The fourth-order valence-electron chi connectivity index (χ4n) is 1.61. The molecule has 0 fully saturated rings. The number of aliphatic hydroxyl groups excluding tert-OH is 1. The lowest BCUT2D eigenvalue weighted by Crippen LogP contribution is -2.27. The van der Waals surface area contributed by atoms with Crippen molar-refractivity contribution in [1.82, 2.24) is 4.90 Å². The van der Waals surface area contributed by atoms with Gasteiger partial charge in [0.15, 0.2) is 0 Å². The van der Waals surface area contributed by atoms with Crippen molar-refractivity contribution >= 4 is 17.2 Å². The molecule has 0 bridgehead atoms. The minimum Gasteiger partial charge on any atom is -0.396 e. The average molecular weight is 255 g/mol. The van der Waals surface area contributed by atoms with Crippen LogP contribution in [0.15, 0.2) is 6.07 Å². The van der Waals surface area contributed by atoms with Gasteiger partial charge in [0.25, 0.3) is 5.91 Å². The molecule has 4 heteroatoms. The highest BCUT2D eigenvalue weighted by molar-refractivity contribution is 7.14. The van der Waals surface area contributed by atoms with Crippen molar-refractivity contribution in [3.05, 3.63) is 21.4 Å². The Bertz CT molecular complexity index is 354. The van der Waals surface area contributed by atoms with E-state index in [1.165, 1.54) is 10.4 Å². The molecule has 0 saturated heterocycles. The first kappa shape index (κ1) is 14.2. The molecule has 0 radical (unpaired) electrons. The van der Waals surface area contributed by atoms with E-state index in [-0.39, 0.29) is 12.5 Å². The third-order valence-electron chi connectivity index (χ3n) is 2.88. The Morgan fingerprint density at radius 1 is 1.35 bits per heavy atom. The van der Waals surface area contributed by atoms with Crippen molar-refractivity contribution in [2.24, 2.45) is 0 Å². The quantitative estimate of drug-likeness (QED) is 0.794. The first-order valence-corrected chi connectivity index (χ1v) is 6.81. The molecule has 0 spiro atoms. The third-order valence-corrected chi connectivity index (χ3v) is 4.02. The number of unbranched alkanes of at least 4 members (excludes halogenated alkanes) is 2. The fourth-order valence-corrected chi connectivity index (χ4v) is 2.63. The molecule has 1 heterocycles. The van der Waals surface area contributed by atoms with E-state index in [0.29, 0.717) is 0 Å². The molecule has 1 N–H and O–H groups in total. The highest BCUT2D eigenvalue weighted by Gasteiger charge is 2.14. The van der Waals surface area contributed by atoms with Crippen LogP contribution in [0.3, 0.4) is 0 Å². The van der Waals surface area contributed by atoms with E-state index in [1.807, 2.05) is 27.0 Å². The van der Waals surface area contributed by atoms with E-state index in [4.69, 9.17) is 5.11 Å². The van der Waals surface area contributed by atoms with Gasteiger partial charge in [-0.15, -0.1) is 11.3 Å². The van der Waals surface area contributed by atoms with E-state index >= 15 is 0 Å². The number of carbonyl (C=O) groups is 1. The van der Waals surface area contributed by atoms with Crippen LogP contribution in [0.5, 0.6) is 0 Å². The smallest absolute Gasteiger partial charge is 0.263 e. The Hall–Kier alpha value is -0.870. The van der Waals surface area contributed by atoms with Gasteiger partial charge in [-0.05, 0) is 44.7 Å². The van der Waals surface area contributed by atoms with Gasteiger partial charge in [-0.2, -0.15) is 0 Å². The summed E-state index contributed by atoms with van der Waals surface area (Å²) >= 11 is 1.56. The molecule has 0 saturated carbocycles. The number of hydrogen-bond acceptors (Lipinski definition) is 3. The zero-order valence-electron chi connectivity index (χ0n) is 10.8. The summed E-state index contributed by atoms with van der Waals surface area (Å²) in [5.41, 5.74) is 1.19. The summed E-state index contributed by atoms with van der Waals surface area (Å²) in [7, 11) is 1.84. The van der Waals surface area contributed by atoms with E-state index < -0.39 is 0 Å². The van der Waals surface area contributed by atoms with Crippen LogP contribution < -0.4 is 0 Å². The lowest BCUT2D eigenvalue weighted by Gasteiger charge is -2.15. The molecule has 0 aliphatic rings. The van der Waals surface area contributed by atoms with Crippen LogP contribution >= 0.6 is 11.3 Å². The van der Waals surface area contributed by atoms with Gasteiger partial charge in [0, 0.05) is 25.1 Å². The van der Waals surface area contributed by atoms with Crippen LogP contribution in [-0.2, 0) is 0 Å². The number of hydrogen-bond donors (Lipinski definition) is 1. The Kier molecular flexibility index (Phi) is 5.65. The topological polar surface area (TPSA) is 40.5 Å². The van der Waals surface area contributed by atoms with Crippen molar-refractivity contribution in [3.63, 3.8) is 0 Å². The van der Waals surface area contributed by atoms with Crippen LogP contribution in [0.25, 0.3) is 0 Å². The standard InChI is InChI=1S/C13H21NO2S/c1-10-9-12(17-11(10)2)13(16)14(3)7-5-4-6-8-15/h9,15H,4-8H2,1-3H3. The van der Waals surface area contributed by atoms with Gasteiger partial charge in [0.05, 0.1) is 4.88 Å². The van der Waals surface area contributed by atoms with Gasteiger partial charge >= 0.3 is 0 Å². The van der Waals surface area contributed by atoms with Crippen LogP contribution in [0.4, 0.5) is 0 Å². The second kappa shape index (κ2) is 6.77. The van der Waals surface area contributed by atoms with Crippen LogP contribution in [-0.4, -0.2) is 36.1 Å². The maximum absolute atomic E-state index is 12.1. The van der Waals surface area contributed by atoms with E-state index in [1.54, 1.807) is 16.2 Å². The Labute approximate surface area is 107 Å². The highest BCUT2D eigenvalue weighted by atomic mass is 32.1. The summed E-state index contributed by atoms with van der Waals surface area (Å²) in [5.74, 6) is 0.107. The van der Waals surface area contributed by atoms with Gasteiger partial charge in [-0.3, -0.25) is 4.79 Å².